The van der Waals surface area contributed by atoms with E-state index in [1.807, 2.05) is 0 Å². The number of carbonyl (C=O) groups is 1. The molecule has 1 heterocycles. The van der Waals surface area contributed by atoms with Gasteiger partial charge in [0.15, 0.2) is 0 Å². The Kier molecular flexibility index (Phi) is 4.22. The molecule has 0 radical (unpaired) electrons. The van der Waals surface area contributed by atoms with Crippen molar-refractivity contribution in [1.29, 1.82) is 0 Å². The summed E-state index contributed by atoms with van der Waals surface area (Å²) in [7, 11) is 0. The van der Waals surface area contributed by atoms with Crippen LogP contribution < -0.4 is 5.32 Å². The molecule has 0 saturated carbocycles. The molecule has 0 bridgehead atoms. The number of nitrogens with one attached hydrogen (secondary N) is 1. The van der Waals surface area contributed by atoms with Crippen molar-refractivity contribution in [3.8, 4) is 0 Å². The Balaban J connectivity index is 2.78. The minimum Gasteiger partial charge on any atom is -0.480 e. The van der Waals surface area contributed by atoms with Gasteiger partial charge in [0.05, 0.1) is 0 Å². The molecule has 1 aromatic heterocycles. The molecule has 0 aliphatic heterocycles. The van der Waals surface area contributed by atoms with Gasteiger partial charge < -0.3 is 10.4 Å². The highest BCUT2D eigenvalue weighted by atomic mass is 16.4. The summed E-state index contributed by atoms with van der Waals surface area (Å²) in [5.41, 5.74) is 0.928. The second kappa shape index (κ2) is 5.44. The zero-order valence-electron chi connectivity index (χ0n) is 9.77. The average molecular weight is 223 g/mol. The second-order valence-electron chi connectivity index (χ2n) is 3.84. The van der Waals surface area contributed by atoms with E-state index in [9.17, 15) is 4.79 Å². The summed E-state index contributed by atoms with van der Waals surface area (Å²) in [6.07, 6.45) is 2.45. The third-order valence-electron chi connectivity index (χ3n) is 2.54. The topological polar surface area (TPSA) is 75.1 Å². The van der Waals surface area contributed by atoms with Gasteiger partial charge in [-0.05, 0) is 19.3 Å². The standard InChI is InChI=1S/C11H17N3O2/c1-4-7(2)9-5-10(13-6-12-9)14-8(3)11(15)16/h5-8H,4H2,1-3H3,(H,15,16)(H,12,13,14). The molecule has 1 rings (SSSR count). The number of hydrogen-bond acceptors (Lipinski definition) is 4. The van der Waals surface area contributed by atoms with E-state index in [-0.39, 0.29) is 0 Å². The SMILES string of the molecule is CCC(C)c1cc(NC(C)C(=O)O)ncn1. The molecule has 2 N–H and O–H groups in total. The lowest BCUT2D eigenvalue weighted by molar-refractivity contribution is -0.137. The molecule has 2 atom stereocenters. The van der Waals surface area contributed by atoms with Gasteiger partial charge in [-0.3, -0.25) is 4.79 Å². The first-order valence-corrected chi connectivity index (χ1v) is 5.35. The van der Waals surface area contributed by atoms with Crippen LogP contribution in [0, 0.1) is 0 Å². The quantitative estimate of drug-likeness (QED) is 0.797. The second-order valence-corrected chi connectivity index (χ2v) is 3.84. The Morgan fingerprint density at radius 1 is 1.50 bits per heavy atom. The third-order valence-corrected chi connectivity index (χ3v) is 2.54. The number of aliphatic carboxylic acids is 1. The summed E-state index contributed by atoms with van der Waals surface area (Å²) in [5.74, 6) is 0.00702. The number of carboxylic acids is 1. The van der Waals surface area contributed by atoms with Crippen molar-refractivity contribution in [2.24, 2.45) is 0 Å². The molecule has 0 saturated heterocycles. The predicted octanol–water partition coefficient (Wildman–Crippen LogP) is 1.88. The summed E-state index contributed by atoms with van der Waals surface area (Å²) < 4.78 is 0. The van der Waals surface area contributed by atoms with Crippen molar-refractivity contribution in [3.63, 3.8) is 0 Å². The number of hydrogen-bond donors (Lipinski definition) is 2. The first kappa shape index (κ1) is 12.4. The predicted molar refractivity (Wildman–Crippen MR) is 61.5 cm³/mol. The molecule has 5 nitrogen and oxygen atoms in total. The highest BCUT2D eigenvalue weighted by molar-refractivity contribution is 5.76. The van der Waals surface area contributed by atoms with E-state index in [0.717, 1.165) is 12.1 Å². The van der Waals surface area contributed by atoms with Gasteiger partial charge in [-0.1, -0.05) is 13.8 Å². The molecule has 0 amide bonds. The number of aromatic nitrogens is 2. The lowest BCUT2D eigenvalue weighted by Crippen LogP contribution is -2.26. The number of anilines is 1. The van der Waals surface area contributed by atoms with Crippen LogP contribution in [0.15, 0.2) is 12.4 Å². The van der Waals surface area contributed by atoms with Gasteiger partial charge >= 0.3 is 5.97 Å². The zero-order valence-corrected chi connectivity index (χ0v) is 9.77. The molecular formula is C11H17N3O2. The maximum Gasteiger partial charge on any atom is 0.325 e. The van der Waals surface area contributed by atoms with Crippen molar-refractivity contribution < 1.29 is 9.90 Å². The fourth-order valence-corrected chi connectivity index (χ4v) is 1.21. The summed E-state index contributed by atoms with van der Waals surface area (Å²) in [4.78, 5) is 18.8. The monoisotopic (exact) mass is 223 g/mol. The van der Waals surface area contributed by atoms with Crippen LogP contribution >= 0.6 is 0 Å². The Morgan fingerprint density at radius 2 is 2.19 bits per heavy atom. The van der Waals surface area contributed by atoms with E-state index in [4.69, 9.17) is 5.11 Å². The minimum absolute atomic E-state index is 0.351. The van der Waals surface area contributed by atoms with Crippen LogP contribution in [-0.4, -0.2) is 27.1 Å². The molecule has 16 heavy (non-hydrogen) atoms. The summed E-state index contributed by atoms with van der Waals surface area (Å²) in [6.45, 7) is 5.74. The smallest absolute Gasteiger partial charge is 0.325 e. The van der Waals surface area contributed by atoms with Gasteiger partial charge in [0.1, 0.15) is 18.2 Å². The molecule has 2 unspecified atom stereocenters. The van der Waals surface area contributed by atoms with Crippen LogP contribution in [0.1, 0.15) is 38.8 Å². The summed E-state index contributed by atoms with van der Waals surface area (Å²) in [6, 6.07) is 1.15. The van der Waals surface area contributed by atoms with E-state index in [1.54, 1.807) is 13.0 Å². The van der Waals surface area contributed by atoms with Crippen molar-refractivity contribution in [1.82, 2.24) is 9.97 Å². The molecule has 88 valence electrons. The molecule has 0 aromatic carbocycles. The van der Waals surface area contributed by atoms with Gasteiger partial charge in [-0.15, -0.1) is 0 Å². The number of nitrogens with zero attached hydrogens (tertiary/aromatic N) is 2. The molecule has 0 aliphatic carbocycles. The van der Waals surface area contributed by atoms with Crippen LogP contribution in [0.5, 0.6) is 0 Å². The molecule has 5 heteroatoms. The maximum absolute atomic E-state index is 10.7. The fraction of sp³-hybridized carbons (Fsp3) is 0.545. The Hall–Kier alpha value is -1.65. The lowest BCUT2D eigenvalue weighted by atomic mass is 10.1. The Bertz CT molecular complexity index is 368. The summed E-state index contributed by atoms with van der Waals surface area (Å²) in [5, 5.41) is 11.6. The highest BCUT2D eigenvalue weighted by Gasteiger charge is 2.12. The van der Waals surface area contributed by atoms with E-state index in [1.165, 1.54) is 6.33 Å². The van der Waals surface area contributed by atoms with Crippen molar-refractivity contribution >= 4 is 11.8 Å². The van der Waals surface area contributed by atoms with Crippen molar-refractivity contribution in [2.45, 2.75) is 39.2 Å². The molecular weight excluding hydrogens is 206 g/mol. The molecule has 1 aromatic rings. The van der Waals surface area contributed by atoms with Gasteiger partial charge in [-0.25, -0.2) is 9.97 Å². The largest absolute Gasteiger partial charge is 0.480 e. The number of rotatable bonds is 5. The van der Waals surface area contributed by atoms with Crippen molar-refractivity contribution in [3.05, 3.63) is 18.1 Å². The lowest BCUT2D eigenvalue weighted by Gasteiger charge is -2.12. The van der Waals surface area contributed by atoms with E-state index in [2.05, 4.69) is 29.1 Å². The van der Waals surface area contributed by atoms with Gasteiger partial charge in [0.25, 0.3) is 0 Å². The first-order valence-electron chi connectivity index (χ1n) is 5.35. The molecule has 0 aliphatic rings. The Labute approximate surface area is 94.9 Å². The van der Waals surface area contributed by atoms with Gasteiger partial charge in [0, 0.05) is 11.8 Å². The van der Waals surface area contributed by atoms with Crippen molar-refractivity contribution in [2.75, 3.05) is 5.32 Å². The van der Waals surface area contributed by atoms with Crippen LogP contribution in [0.3, 0.4) is 0 Å². The van der Waals surface area contributed by atoms with Crippen LogP contribution in [0.4, 0.5) is 5.82 Å². The van der Waals surface area contributed by atoms with E-state index >= 15 is 0 Å². The fourth-order valence-electron chi connectivity index (χ4n) is 1.21. The maximum atomic E-state index is 10.7. The number of carboxylic acid groups (broad SMARTS) is 1. The van der Waals surface area contributed by atoms with Crippen LogP contribution in [0.2, 0.25) is 0 Å². The summed E-state index contributed by atoms with van der Waals surface area (Å²) >= 11 is 0. The molecule has 0 spiro atoms. The van der Waals surface area contributed by atoms with Gasteiger partial charge in [-0.2, -0.15) is 0 Å². The van der Waals surface area contributed by atoms with Crippen LogP contribution in [0.25, 0.3) is 0 Å². The zero-order chi connectivity index (χ0) is 12.1. The normalized spacial score (nSPS) is 14.2. The third kappa shape index (κ3) is 3.18. The highest BCUT2D eigenvalue weighted by Crippen LogP contribution is 2.17. The molecule has 0 fully saturated rings. The first-order chi connectivity index (χ1) is 7.54. The van der Waals surface area contributed by atoms with Gasteiger partial charge in [0.2, 0.25) is 0 Å². The van der Waals surface area contributed by atoms with Crippen LogP contribution in [-0.2, 0) is 4.79 Å². The van der Waals surface area contributed by atoms with E-state index < -0.39 is 12.0 Å². The minimum atomic E-state index is -0.899. The van der Waals surface area contributed by atoms with E-state index in [0.29, 0.717) is 11.7 Å². The Morgan fingerprint density at radius 3 is 2.75 bits per heavy atom. The average Bonchev–Trinajstić information content (AvgIpc) is 2.28.